The summed E-state index contributed by atoms with van der Waals surface area (Å²) in [6, 6.07) is 19.6. The van der Waals surface area contributed by atoms with Crippen LogP contribution >= 0.6 is 0 Å². The van der Waals surface area contributed by atoms with Crippen molar-refractivity contribution >= 4 is 22.6 Å². The maximum absolute atomic E-state index is 12.9. The molecule has 1 aliphatic heterocycles. The zero-order chi connectivity index (χ0) is 23.2. The molecule has 3 aromatic rings. The van der Waals surface area contributed by atoms with Crippen LogP contribution in [0.25, 0.3) is 10.8 Å². The predicted molar refractivity (Wildman–Crippen MR) is 131 cm³/mol. The van der Waals surface area contributed by atoms with Gasteiger partial charge in [-0.1, -0.05) is 42.5 Å². The Morgan fingerprint density at radius 3 is 2.61 bits per heavy atom. The summed E-state index contributed by atoms with van der Waals surface area (Å²) in [5.74, 6) is 0.208. The molecule has 1 saturated heterocycles. The number of hydrogen-bond donors (Lipinski definition) is 3. The van der Waals surface area contributed by atoms with Crippen molar-refractivity contribution in [1.82, 2.24) is 5.32 Å². The monoisotopic (exact) mass is 445 g/mol. The van der Waals surface area contributed by atoms with Crippen molar-refractivity contribution in [2.24, 2.45) is 5.73 Å². The van der Waals surface area contributed by atoms with Crippen molar-refractivity contribution in [1.29, 1.82) is 5.41 Å². The molecule has 1 unspecified atom stereocenters. The SMILES string of the molecule is CCOC(=O)C(Cc1ccc2ccc(C(=N)N)cc2c1)c1ccc(O[C@@H]2CCCNC2)cc1. The largest absolute Gasteiger partial charge is 0.489 e. The molecule has 1 heterocycles. The number of ether oxygens (including phenoxy) is 2. The first-order valence-corrected chi connectivity index (χ1v) is 11.5. The van der Waals surface area contributed by atoms with Gasteiger partial charge in [0.2, 0.25) is 0 Å². The first-order valence-electron chi connectivity index (χ1n) is 11.5. The maximum atomic E-state index is 12.9. The zero-order valence-corrected chi connectivity index (χ0v) is 19.0. The molecule has 0 bridgehead atoms. The molecule has 4 N–H and O–H groups in total. The fourth-order valence-electron chi connectivity index (χ4n) is 4.30. The molecule has 3 aromatic carbocycles. The lowest BCUT2D eigenvalue weighted by molar-refractivity contribution is -0.144. The molecule has 0 amide bonds. The van der Waals surface area contributed by atoms with E-state index in [-0.39, 0.29) is 17.9 Å². The van der Waals surface area contributed by atoms with E-state index in [0.717, 1.165) is 53.6 Å². The highest BCUT2D eigenvalue weighted by molar-refractivity contribution is 5.99. The van der Waals surface area contributed by atoms with Crippen molar-refractivity contribution in [3.8, 4) is 5.75 Å². The molecule has 2 atom stereocenters. The fraction of sp³-hybridized carbons (Fsp3) is 0.333. The van der Waals surface area contributed by atoms with Crippen LogP contribution in [0.1, 0.15) is 42.4 Å². The lowest BCUT2D eigenvalue weighted by atomic mass is 9.91. The van der Waals surface area contributed by atoms with Crippen molar-refractivity contribution < 1.29 is 14.3 Å². The van der Waals surface area contributed by atoms with Gasteiger partial charge in [0.25, 0.3) is 0 Å². The van der Waals surface area contributed by atoms with E-state index in [0.29, 0.717) is 18.6 Å². The average molecular weight is 446 g/mol. The van der Waals surface area contributed by atoms with Crippen LogP contribution in [-0.2, 0) is 16.0 Å². The Balaban J connectivity index is 1.55. The second-order valence-electron chi connectivity index (χ2n) is 8.47. The lowest BCUT2D eigenvalue weighted by Crippen LogP contribution is -2.37. The van der Waals surface area contributed by atoms with Crippen molar-refractivity contribution in [3.05, 3.63) is 77.4 Å². The van der Waals surface area contributed by atoms with Crippen LogP contribution in [0.2, 0.25) is 0 Å². The Kier molecular flexibility index (Phi) is 7.25. The van der Waals surface area contributed by atoms with Gasteiger partial charge < -0.3 is 20.5 Å². The Morgan fingerprint density at radius 1 is 1.12 bits per heavy atom. The van der Waals surface area contributed by atoms with Crippen LogP contribution in [0.3, 0.4) is 0 Å². The van der Waals surface area contributed by atoms with E-state index in [1.165, 1.54) is 0 Å². The van der Waals surface area contributed by atoms with Crippen LogP contribution in [0.5, 0.6) is 5.75 Å². The molecule has 0 aliphatic carbocycles. The van der Waals surface area contributed by atoms with Crippen molar-refractivity contribution in [2.75, 3.05) is 19.7 Å². The number of benzene rings is 3. The van der Waals surface area contributed by atoms with Crippen LogP contribution in [0.4, 0.5) is 0 Å². The molecule has 6 nitrogen and oxygen atoms in total. The molecule has 1 aliphatic rings. The fourth-order valence-corrected chi connectivity index (χ4v) is 4.30. The molecule has 0 radical (unpaired) electrons. The Morgan fingerprint density at radius 2 is 1.91 bits per heavy atom. The molecule has 0 spiro atoms. The number of fused-ring (bicyclic) bond motifs is 1. The summed E-state index contributed by atoms with van der Waals surface area (Å²) in [5.41, 5.74) is 8.26. The van der Waals surface area contributed by atoms with Crippen molar-refractivity contribution in [2.45, 2.75) is 38.2 Å². The highest BCUT2D eigenvalue weighted by Gasteiger charge is 2.23. The lowest BCUT2D eigenvalue weighted by Gasteiger charge is -2.24. The quantitative estimate of drug-likeness (QED) is 0.275. The first kappa shape index (κ1) is 22.8. The molecule has 0 saturated carbocycles. The summed E-state index contributed by atoms with van der Waals surface area (Å²) < 4.78 is 11.5. The van der Waals surface area contributed by atoms with Crippen LogP contribution in [-0.4, -0.2) is 37.6 Å². The zero-order valence-electron chi connectivity index (χ0n) is 19.0. The van der Waals surface area contributed by atoms with Gasteiger partial charge in [-0.25, -0.2) is 0 Å². The van der Waals surface area contributed by atoms with Gasteiger partial charge in [0.1, 0.15) is 17.7 Å². The summed E-state index contributed by atoms with van der Waals surface area (Å²) in [6.45, 7) is 4.07. The van der Waals surface area contributed by atoms with Crippen LogP contribution in [0.15, 0.2) is 60.7 Å². The molecule has 0 aromatic heterocycles. The maximum Gasteiger partial charge on any atom is 0.313 e. The minimum Gasteiger partial charge on any atom is -0.489 e. The number of carbonyl (C=O) groups is 1. The van der Waals surface area contributed by atoms with E-state index < -0.39 is 5.92 Å². The first-order chi connectivity index (χ1) is 16.0. The van der Waals surface area contributed by atoms with E-state index in [9.17, 15) is 4.79 Å². The van der Waals surface area contributed by atoms with E-state index in [1.54, 1.807) is 0 Å². The van der Waals surface area contributed by atoms with Crippen molar-refractivity contribution in [3.63, 3.8) is 0 Å². The molecular formula is C27H31N3O3. The number of nitrogens with one attached hydrogen (secondary N) is 2. The molecule has 172 valence electrons. The number of hydrogen-bond acceptors (Lipinski definition) is 5. The summed E-state index contributed by atoms with van der Waals surface area (Å²) >= 11 is 0. The highest BCUT2D eigenvalue weighted by atomic mass is 16.5. The van der Waals surface area contributed by atoms with Gasteiger partial charge in [0, 0.05) is 12.1 Å². The summed E-state index contributed by atoms with van der Waals surface area (Å²) in [5, 5.41) is 13.1. The number of piperidine rings is 1. The summed E-state index contributed by atoms with van der Waals surface area (Å²) in [4.78, 5) is 12.9. The Labute approximate surface area is 194 Å². The topological polar surface area (TPSA) is 97.4 Å². The number of esters is 1. The van der Waals surface area contributed by atoms with Gasteiger partial charge in [-0.3, -0.25) is 10.2 Å². The average Bonchev–Trinajstić information content (AvgIpc) is 2.83. The summed E-state index contributed by atoms with van der Waals surface area (Å²) in [6.07, 6.45) is 2.87. The standard InChI is InChI=1S/C27H31N3O3/c1-2-32-27(31)25(20-9-11-23(12-10-20)33-24-4-3-13-30-17-24)15-18-5-6-19-7-8-21(26(28)29)16-22(19)14-18/h5-12,14,16,24-25,30H,2-4,13,15,17H2,1H3,(H3,28,29)/t24-,25?/m1/s1. The Hall–Kier alpha value is -3.38. The van der Waals surface area contributed by atoms with Crippen LogP contribution in [0, 0.1) is 5.41 Å². The number of nitrogens with two attached hydrogens (primary N) is 1. The third-order valence-corrected chi connectivity index (χ3v) is 6.06. The third-order valence-electron chi connectivity index (χ3n) is 6.06. The number of rotatable bonds is 8. The molecule has 33 heavy (non-hydrogen) atoms. The van der Waals surface area contributed by atoms with Gasteiger partial charge in [-0.2, -0.15) is 0 Å². The molecular weight excluding hydrogens is 414 g/mol. The molecule has 4 rings (SSSR count). The van der Waals surface area contributed by atoms with E-state index >= 15 is 0 Å². The second kappa shape index (κ2) is 10.5. The third kappa shape index (κ3) is 5.71. The van der Waals surface area contributed by atoms with Gasteiger partial charge in [0.15, 0.2) is 0 Å². The number of amidine groups is 1. The Bertz CT molecular complexity index is 1120. The second-order valence-corrected chi connectivity index (χ2v) is 8.47. The summed E-state index contributed by atoms with van der Waals surface area (Å²) in [7, 11) is 0. The highest BCUT2D eigenvalue weighted by Crippen LogP contribution is 2.27. The van der Waals surface area contributed by atoms with Gasteiger partial charge in [-0.05, 0) is 72.8 Å². The minimum atomic E-state index is -0.413. The number of nitrogen functional groups attached to an aromatic ring is 1. The van der Waals surface area contributed by atoms with E-state index in [2.05, 4.69) is 11.4 Å². The normalized spacial score (nSPS) is 16.8. The van der Waals surface area contributed by atoms with Gasteiger partial charge in [0.05, 0.1) is 12.5 Å². The molecule has 1 fully saturated rings. The molecule has 6 heteroatoms. The number of carbonyl (C=O) groups excluding carboxylic acids is 1. The predicted octanol–water partition coefficient (Wildman–Crippen LogP) is 4.14. The van der Waals surface area contributed by atoms with Gasteiger partial charge >= 0.3 is 5.97 Å². The minimum absolute atomic E-state index is 0.0398. The van der Waals surface area contributed by atoms with E-state index in [1.807, 2.05) is 61.5 Å². The smallest absolute Gasteiger partial charge is 0.313 e. The van der Waals surface area contributed by atoms with Crippen LogP contribution < -0.4 is 15.8 Å². The van der Waals surface area contributed by atoms with E-state index in [4.69, 9.17) is 20.6 Å². The van der Waals surface area contributed by atoms with Gasteiger partial charge in [-0.15, -0.1) is 0 Å².